The number of carbonyl (C=O) groups is 1. The van der Waals surface area contributed by atoms with Crippen molar-refractivity contribution < 1.29 is 4.79 Å². The van der Waals surface area contributed by atoms with Crippen LogP contribution < -0.4 is 0 Å². The second-order valence-corrected chi connectivity index (χ2v) is 5.74. The zero-order valence-electron chi connectivity index (χ0n) is 11.8. The van der Waals surface area contributed by atoms with Crippen LogP contribution in [0.2, 0.25) is 0 Å². The normalized spacial score (nSPS) is 23.0. The first kappa shape index (κ1) is 14.2. The van der Waals surface area contributed by atoms with Crippen LogP contribution in [0.1, 0.15) is 45.9 Å². The summed E-state index contributed by atoms with van der Waals surface area (Å²) in [6.07, 6.45) is 4.01. The number of nitrogens with one attached hydrogen (secondary N) is 1. The van der Waals surface area contributed by atoms with Gasteiger partial charge < -0.3 is 4.90 Å². The van der Waals surface area contributed by atoms with E-state index in [2.05, 4.69) is 31.0 Å². The van der Waals surface area contributed by atoms with Gasteiger partial charge in [0.15, 0.2) is 4.77 Å². The number of aromatic amines is 1. The third-order valence-corrected chi connectivity index (χ3v) is 4.16. The van der Waals surface area contributed by atoms with Gasteiger partial charge >= 0.3 is 0 Å². The Hall–Kier alpha value is -1.17. The molecule has 0 aromatic carbocycles. The van der Waals surface area contributed by atoms with Crippen LogP contribution in [-0.4, -0.2) is 37.7 Å². The van der Waals surface area contributed by atoms with Gasteiger partial charge in [-0.2, -0.15) is 5.10 Å². The maximum atomic E-state index is 12.5. The number of carbonyl (C=O) groups excluding carboxylic acids is 1. The molecule has 1 aliphatic rings. The Kier molecular flexibility index (Phi) is 4.39. The number of hydrogen-bond acceptors (Lipinski definition) is 3. The molecule has 1 aromatic heterocycles. The summed E-state index contributed by atoms with van der Waals surface area (Å²) in [5, 5.41) is 6.98. The molecule has 1 amide bonds. The number of aryl methyl sites for hydroxylation is 1. The van der Waals surface area contributed by atoms with E-state index in [-0.39, 0.29) is 5.91 Å². The molecule has 1 aromatic rings. The maximum absolute atomic E-state index is 12.5. The average molecular weight is 282 g/mol. The number of aromatic nitrogens is 3. The van der Waals surface area contributed by atoms with Crippen molar-refractivity contribution in [3.63, 3.8) is 0 Å². The van der Waals surface area contributed by atoms with E-state index < -0.39 is 0 Å². The summed E-state index contributed by atoms with van der Waals surface area (Å²) in [4.78, 5) is 14.4. The molecule has 2 heterocycles. The van der Waals surface area contributed by atoms with Crippen molar-refractivity contribution in [1.82, 2.24) is 19.7 Å². The highest BCUT2D eigenvalue weighted by molar-refractivity contribution is 7.71. The Labute approximate surface area is 119 Å². The fourth-order valence-electron chi connectivity index (χ4n) is 2.83. The standard InChI is InChI=1S/C13H22N4OS/c1-4-5-11-14-15-13(19)16(11)8-12(18)17-9(2)6-7-10(17)3/h9-10H,4-8H2,1-3H3,(H,15,19)/t9-,10-/m1/s1. The van der Waals surface area contributed by atoms with Crippen molar-refractivity contribution >= 4 is 18.1 Å². The van der Waals surface area contributed by atoms with Gasteiger partial charge in [0, 0.05) is 18.5 Å². The average Bonchev–Trinajstić information content (AvgIpc) is 2.86. The number of hydrogen-bond donors (Lipinski definition) is 1. The molecule has 0 aliphatic carbocycles. The first-order valence-electron chi connectivity index (χ1n) is 6.99. The molecule has 2 atom stereocenters. The highest BCUT2D eigenvalue weighted by Crippen LogP contribution is 2.23. The van der Waals surface area contributed by atoms with Crippen LogP contribution >= 0.6 is 12.2 Å². The minimum Gasteiger partial charge on any atom is -0.336 e. The number of rotatable bonds is 4. The van der Waals surface area contributed by atoms with Crippen LogP contribution in [0.5, 0.6) is 0 Å². The van der Waals surface area contributed by atoms with Crippen molar-refractivity contribution in [2.24, 2.45) is 0 Å². The van der Waals surface area contributed by atoms with E-state index in [9.17, 15) is 4.79 Å². The lowest BCUT2D eigenvalue weighted by atomic mass is 10.2. The summed E-state index contributed by atoms with van der Waals surface area (Å²) in [7, 11) is 0. The van der Waals surface area contributed by atoms with Crippen molar-refractivity contribution in [2.75, 3.05) is 0 Å². The van der Waals surface area contributed by atoms with Gasteiger partial charge in [0.2, 0.25) is 5.91 Å². The summed E-state index contributed by atoms with van der Waals surface area (Å²) in [6, 6.07) is 0.663. The van der Waals surface area contributed by atoms with Crippen molar-refractivity contribution in [3.05, 3.63) is 10.6 Å². The van der Waals surface area contributed by atoms with E-state index in [4.69, 9.17) is 12.2 Å². The zero-order valence-corrected chi connectivity index (χ0v) is 12.7. The molecule has 0 unspecified atom stereocenters. The van der Waals surface area contributed by atoms with E-state index in [1.165, 1.54) is 0 Å². The smallest absolute Gasteiger partial charge is 0.243 e. The van der Waals surface area contributed by atoms with Gasteiger partial charge in [0.25, 0.3) is 0 Å². The Bertz CT molecular complexity index is 497. The summed E-state index contributed by atoms with van der Waals surface area (Å²) >= 11 is 5.21. The molecule has 106 valence electrons. The molecule has 1 N–H and O–H groups in total. The van der Waals surface area contributed by atoms with Gasteiger partial charge in [0.1, 0.15) is 12.4 Å². The molecule has 1 saturated heterocycles. The van der Waals surface area contributed by atoms with Crippen molar-refractivity contribution in [1.29, 1.82) is 0 Å². The fourth-order valence-corrected chi connectivity index (χ4v) is 3.05. The van der Waals surface area contributed by atoms with Crippen molar-refractivity contribution in [2.45, 2.75) is 65.1 Å². The molecule has 5 nitrogen and oxygen atoms in total. The van der Waals surface area contributed by atoms with E-state index in [0.717, 1.165) is 31.5 Å². The van der Waals surface area contributed by atoms with E-state index in [1.54, 1.807) is 0 Å². The molecule has 2 rings (SSSR count). The SMILES string of the molecule is CCCc1n[nH]c(=S)n1CC(=O)N1[C@H](C)CC[C@H]1C. The quantitative estimate of drug-likeness (QED) is 0.862. The Morgan fingerprint density at radius 2 is 2.05 bits per heavy atom. The summed E-state index contributed by atoms with van der Waals surface area (Å²) in [5.74, 6) is 1.02. The topological polar surface area (TPSA) is 53.9 Å². The first-order chi connectivity index (χ1) is 9.04. The van der Waals surface area contributed by atoms with Crippen LogP contribution in [0, 0.1) is 4.77 Å². The number of amides is 1. The predicted molar refractivity (Wildman–Crippen MR) is 76.4 cm³/mol. The molecule has 0 radical (unpaired) electrons. The molecule has 1 aliphatic heterocycles. The van der Waals surface area contributed by atoms with E-state index >= 15 is 0 Å². The second kappa shape index (κ2) is 5.86. The number of likely N-dealkylation sites (tertiary alicyclic amines) is 1. The molecule has 1 fully saturated rings. The van der Waals surface area contributed by atoms with Gasteiger partial charge in [-0.1, -0.05) is 6.92 Å². The summed E-state index contributed by atoms with van der Waals surface area (Å²) < 4.78 is 2.37. The predicted octanol–water partition coefficient (Wildman–Crippen LogP) is 2.29. The highest BCUT2D eigenvalue weighted by atomic mass is 32.1. The van der Waals surface area contributed by atoms with Crippen LogP contribution in [0.3, 0.4) is 0 Å². The Morgan fingerprint density at radius 1 is 1.42 bits per heavy atom. The van der Waals surface area contributed by atoms with Gasteiger partial charge in [-0.25, -0.2) is 0 Å². The molecule has 0 spiro atoms. The maximum Gasteiger partial charge on any atom is 0.243 e. The molecule has 19 heavy (non-hydrogen) atoms. The van der Waals surface area contributed by atoms with Crippen LogP contribution in [0.25, 0.3) is 0 Å². The second-order valence-electron chi connectivity index (χ2n) is 5.36. The third kappa shape index (κ3) is 2.88. The van der Waals surface area contributed by atoms with Crippen LogP contribution in [0.15, 0.2) is 0 Å². The van der Waals surface area contributed by atoms with Gasteiger partial charge in [0.05, 0.1) is 0 Å². The van der Waals surface area contributed by atoms with Gasteiger partial charge in [-0.3, -0.25) is 14.5 Å². The fraction of sp³-hybridized carbons (Fsp3) is 0.769. The molecular formula is C13H22N4OS. The zero-order chi connectivity index (χ0) is 14.0. The van der Waals surface area contributed by atoms with E-state index in [1.807, 2.05) is 9.47 Å². The molecular weight excluding hydrogens is 260 g/mol. The number of H-pyrrole nitrogens is 1. The lowest BCUT2D eigenvalue weighted by molar-refractivity contribution is -0.134. The Balaban J connectivity index is 2.15. The summed E-state index contributed by atoms with van der Waals surface area (Å²) in [5.41, 5.74) is 0. The largest absolute Gasteiger partial charge is 0.336 e. The van der Waals surface area contributed by atoms with Gasteiger partial charge in [-0.05, 0) is 45.3 Å². The van der Waals surface area contributed by atoms with Crippen LogP contribution in [0.4, 0.5) is 0 Å². The minimum absolute atomic E-state index is 0.146. The third-order valence-electron chi connectivity index (χ3n) is 3.84. The lowest BCUT2D eigenvalue weighted by Crippen LogP contribution is -2.40. The van der Waals surface area contributed by atoms with Gasteiger partial charge in [-0.15, -0.1) is 0 Å². The Morgan fingerprint density at radius 3 is 2.63 bits per heavy atom. The number of nitrogens with zero attached hydrogens (tertiary/aromatic N) is 3. The van der Waals surface area contributed by atoms with Crippen LogP contribution in [-0.2, 0) is 17.8 Å². The van der Waals surface area contributed by atoms with E-state index in [0.29, 0.717) is 23.4 Å². The molecule has 0 saturated carbocycles. The monoisotopic (exact) mass is 282 g/mol. The lowest BCUT2D eigenvalue weighted by Gasteiger charge is -2.26. The molecule has 6 heteroatoms. The van der Waals surface area contributed by atoms with Crippen molar-refractivity contribution in [3.8, 4) is 0 Å². The minimum atomic E-state index is 0.146. The summed E-state index contributed by atoms with van der Waals surface area (Å²) in [6.45, 7) is 6.62. The first-order valence-corrected chi connectivity index (χ1v) is 7.40. The molecule has 0 bridgehead atoms. The highest BCUT2D eigenvalue weighted by Gasteiger charge is 2.31.